The van der Waals surface area contributed by atoms with E-state index in [9.17, 15) is 19.5 Å². The predicted octanol–water partition coefficient (Wildman–Crippen LogP) is 5.10. The standard InChI is InChI=1S/C27H23IN2O5/c28-16-9-10-24(22(12-16)26(32)33)30-25(31)21-11-15(21)13-29-27(34)35-14-23-19-7-3-1-5-17(19)18-6-2-4-8-20(18)23/h1-10,12,15,21,23H,11,13-14H2,(H,29,34)(H,30,31)(H,32,33)/t15-,21-/m1/s1. The van der Waals surface area contributed by atoms with Crippen molar-refractivity contribution in [3.63, 3.8) is 0 Å². The number of carboxylic acid groups (broad SMARTS) is 1. The molecule has 3 N–H and O–H groups in total. The van der Waals surface area contributed by atoms with Gasteiger partial charge in [-0.3, -0.25) is 4.79 Å². The third kappa shape index (κ3) is 4.88. The van der Waals surface area contributed by atoms with Crippen molar-refractivity contribution >= 4 is 46.2 Å². The number of carbonyl (C=O) groups is 3. The number of rotatable bonds is 7. The number of hydrogen-bond donors (Lipinski definition) is 3. The van der Waals surface area contributed by atoms with Crippen molar-refractivity contribution < 1.29 is 24.2 Å². The molecule has 35 heavy (non-hydrogen) atoms. The Bertz CT molecular complexity index is 1280. The number of alkyl carbamates (subject to hydrolysis) is 1. The highest BCUT2D eigenvalue weighted by Gasteiger charge is 2.43. The monoisotopic (exact) mass is 582 g/mol. The number of halogens is 1. The highest BCUT2D eigenvalue weighted by Crippen LogP contribution is 2.44. The van der Waals surface area contributed by atoms with Gasteiger partial charge >= 0.3 is 12.1 Å². The molecule has 2 atom stereocenters. The fourth-order valence-corrected chi connectivity index (χ4v) is 5.18. The number of carboxylic acids is 1. The first kappa shape index (κ1) is 23.3. The maximum Gasteiger partial charge on any atom is 0.407 e. The number of aromatic carboxylic acids is 1. The molecule has 2 amide bonds. The second-order valence-corrected chi connectivity index (χ2v) is 10.0. The summed E-state index contributed by atoms with van der Waals surface area (Å²) in [4.78, 5) is 36.4. The van der Waals surface area contributed by atoms with Gasteiger partial charge < -0.3 is 20.5 Å². The van der Waals surface area contributed by atoms with Crippen LogP contribution < -0.4 is 10.6 Å². The van der Waals surface area contributed by atoms with Crippen LogP contribution in [-0.2, 0) is 9.53 Å². The Kier molecular flexibility index (Phi) is 6.46. The summed E-state index contributed by atoms with van der Waals surface area (Å²) >= 11 is 2.03. The minimum atomic E-state index is -1.09. The van der Waals surface area contributed by atoms with Gasteiger partial charge in [-0.25, -0.2) is 9.59 Å². The SMILES string of the molecule is O=C(NC[C@H]1C[C@H]1C(=O)Nc1ccc(I)cc1C(=O)O)OCC1c2ccccc2-c2ccccc21. The predicted molar refractivity (Wildman–Crippen MR) is 139 cm³/mol. The lowest BCUT2D eigenvalue weighted by atomic mass is 9.98. The Morgan fingerprint density at radius 2 is 1.63 bits per heavy atom. The van der Waals surface area contributed by atoms with Crippen molar-refractivity contribution in [2.75, 3.05) is 18.5 Å². The molecule has 1 saturated carbocycles. The van der Waals surface area contributed by atoms with Crippen LogP contribution in [0.5, 0.6) is 0 Å². The van der Waals surface area contributed by atoms with Crippen LogP contribution in [0, 0.1) is 15.4 Å². The molecule has 0 unspecified atom stereocenters. The topological polar surface area (TPSA) is 105 Å². The van der Waals surface area contributed by atoms with Crippen molar-refractivity contribution in [3.8, 4) is 11.1 Å². The summed E-state index contributed by atoms with van der Waals surface area (Å²) in [6.45, 7) is 0.562. The molecule has 0 radical (unpaired) electrons. The Morgan fingerprint density at radius 3 is 2.29 bits per heavy atom. The molecule has 0 heterocycles. The molecule has 3 aromatic carbocycles. The number of fused-ring (bicyclic) bond motifs is 3. The first-order chi connectivity index (χ1) is 16.9. The van der Waals surface area contributed by atoms with Crippen LogP contribution in [0.2, 0.25) is 0 Å². The van der Waals surface area contributed by atoms with E-state index >= 15 is 0 Å². The highest BCUT2D eigenvalue weighted by atomic mass is 127. The van der Waals surface area contributed by atoms with Gasteiger partial charge in [-0.15, -0.1) is 0 Å². The molecule has 0 spiro atoms. The molecule has 8 heteroatoms. The van der Waals surface area contributed by atoms with E-state index in [4.69, 9.17) is 4.74 Å². The van der Waals surface area contributed by atoms with E-state index in [1.165, 1.54) is 17.2 Å². The van der Waals surface area contributed by atoms with Gasteiger partial charge in [-0.1, -0.05) is 48.5 Å². The lowest BCUT2D eigenvalue weighted by Crippen LogP contribution is -2.29. The minimum Gasteiger partial charge on any atom is -0.478 e. The van der Waals surface area contributed by atoms with Crippen LogP contribution in [0.15, 0.2) is 66.7 Å². The maximum absolute atomic E-state index is 12.6. The zero-order valence-corrected chi connectivity index (χ0v) is 20.8. The zero-order chi connectivity index (χ0) is 24.5. The fraction of sp³-hybridized carbons (Fsp3) is 0.222. The second kappa shape index (κ2) is 9.69. The zero-order valence-electron chi connectivity index (χ0n) is 18.7. The van der Waals surface area contributed by atoms with E-state index in [0.717, 1.165) is 14.7 Å². The van der Waals surface area contributed by atoms with Crippen LogP contribution in [0.4, 0.5) is 10.5 Å². The Morgan fingerprint density at radius 1 is 0.971 bits per heavy atom. The third-order valence-corrected chi connectivity index (χ3v) is 7.25. The van der Waals surface area contributed by atoms with Crippen molar-refractivity contribution in [3.05, 3.63) is 87.0 Å². The number of benzene rings is 3. The quantitative estimate of drug-likeness (QED) is 0.337. The van der Waals surface area contributed by atoms with Crippen molar-refractivity contribution in [2.45, 2.75) is 12.3 Å². The van der Waals surface area contributed by atoms with E-state index in [-0.39, 0.29) is 41.5 Å². The lowest BCUT2D eigenvalue weighted by molar-refractivity contribution is -0.117. The van der Waals surface area contributed by atoms with Gasteiger partial charge in [-0.2, -0.15) is 0 Å². The van der Waals surface area contributed by atoms with Crippen molar-refractivity contribution in [1.82, 2.24) is 5.32 Å². The number of nitrogens with one attached hydrogen (secondary N) is 2. The van der Waals surface area contributed by atoms with Crippen LogP contribution in [0.3, 0.4) is 0 Å². The molecule has 0 aliphatic heterocycles. The van der Waals surface area contributed by atoms with E-state index in [1.807, 2.05) is 46.9 Å². The average Bonchev–Trinajstić information content (AvgIpc) is 3.57. The number of amides is 2. The molecule has 0 bridgehead atoms. The number of carbonyl (C=O) groups excluding carboxylic acids is 2. The van der Waals surface area contributed by atoms with Crippen LogP contribution in [0.1, 0.15) is 33.8 Å². The molecule has 2 aliphatic carbocycles. The molecular weight excluding hydrogens is 559 g/mol. The molecule has 5 rings (SSSR count). The van der Waals surface area contributed by atoms with E-state index < -0.39 is 12.1 Å². The van der Waals surface area contributed by atoms with Crippen molar-refractivity contribution in [2.24, 2.45) is 11.8 Å². The van der Waals surface area contributed by atoms with Gasteiger partial charge in [0.25, 0.3) is 0 Å². The maximum atomic E-state index is 12.6. The van der Waals surface area contributed by atoms with Crippen LogP contribution >= 0.6 is 22.6 Å². The summed E-state index contributed by atoms with van der Waals surface area (Å²) in [6.07, 6.45) is 0.117. The summed E-state index contributed by atoms with van der Waals surface area (Å²) < 4.78 is 6.32. The molecule has 0 saturated heterocycles. The van der Waals surface area contributed by atoms with E-state index in [2.05, 4.69) is 34.9 Å². The first-order valence-corrected chi connectivity index (χ1v) is 12.4. The molecule has 3 aromatic rings. The molecule has 1 fully saturated rings. The van der Waals surface area contributed by atoms with E-state index in [1.54, 1.807) is 12.1 Å². The van der Waals surface area contributed by atoms with Crippen LogP contribution in [-0.4, -0.2) is 36.2 Å². The summed E-state index contributed by atoms with van der Waals surface area (Å²) in [5.74, 6) is -1.63. The molecule has 2 aliphatic rings. The van der Waals surface area contributed by atoms with Gasteiger partial charge in [0.1, 0.15) is 6.61 Å². The summed E-state index contributed by atoms with van der Waals surface area (Å²) in [5.41, 5.74) is 4.97. The van der Waals surface area contributed by atoms with Gasteiger partial charge in [0, 0.05) is 22.0 Å². The van der Waals surface area contributed by atoms with E-state index in [0.29, 0.717) is 13.0 Å². The Balaban J connectivity index is 1.12. The van der Waals surface area contributed by atoms with Gasteiger partial charge in [0.2, 0.25) is 5.91 Å². The summed E-state index contributed by atoms with van der Waals surface area (Å²) in [6, 6.07) is 21.2. The number of ether oxygens (including phenoxy) is 1. The summed E-state index contributed by atoms with van der Waals surface area (Å²) in [7, 11) is 0. The summed E-state index contributed by atoms with van der Waals surface area (Å²) in [5, 5.41) is 14.9. The number of hydrogen-bond acceptors (Lipinski definition) is 4. The van der Waals surface area contributed by atoms with Gasteiger partial charge in [0.15, 0.2) is 0 Å². The third-order valence-electron chi connectivity index (χ3n) is 6.58. The minimum absolute atomic E-state index is 0.00684. The molecular formula is C27H23IN2O5. The van der Waals surface area contributed by atoms with Crippen LogP contribution in [0.25, 0.3) is 11.1 Å². The van der Waals surface area contributed by atoms with Crippen molar-refractivity contribution in [1.29, 1.82) is 0 Å². The largest absolute Gasteiger partial charge is 0.478 e. The molecule has 0 aromatic heterocycles. The van der Waals surface area contributed by atoms with Gasteiger partial charge in [-0.05, 0) is 75.4 Å². The second-order valence-electron chi connectivity index (χ2n) is 8.79. The fourth-order valence-electron chi connectivity index (χ4n) is 4.69. The highest BCUT2D eigenvalue weighted by molar-refractivity contribution is 14.1. The van der Waals surface area contributed by atoms with Gasteiger partial charge in [0.05, 0.1) is 11.3 Å². The Hall–Kier alpha value is -3.40. The number of anilines is 1. The average molecular weight is 582 g/mol. The molecule has 7 nitrogen and oxygen atoms in total. The lowest BCUT2D eigenvalue weighted by Gasteiger charge is -2.14. The first-order valence-electron chi connectivity index (χ1n) is 11.3. The Labute approximate surface area is 216 Å². The molecule has 178 valence electrons. The normalized spacial score (nSPS) is 17.7. The smallest absolute Gasteiger partial charge is 0.407 e.